The maximum Gasteiger partial charge on any atom is 0.156 e. The number of aliphatic hydroxyl groups excluding tert-OH is 3. The largest absolute Gasteiger partial charge is 0.396 e. The first kappa shape index (κ1) is 17.8. The number of rotatable bonds is 8. The molecule has 4 nitrogen and oxygen atoms in total. The average molecular weight is 262 g/mol. The molecular weight excluding hydrogens is 232 g/mol. The molecule has 0 heterocycles. The van der Waals surface area contributed by atoms with Gasteiger partial charge in [0.05, 0.1) is 12.7 Å². The standard InChI is InChI=1S/C14H30O4/c1-6-14(5,9-15)11(16)7-10(2)8-13(3,4)12(17)18/h10-12,15-18H,6-9H2,1-5H3. The Morgan fingerprint density at radius 2 is 1.56 bits per heavy atom. The van der Waals surface area contributed by atoms with Crippen LogP contribution in [0.15, 0.2) is 0 Å². The van der Waals surface area contributed by atoms with E-state index in [9.17, 15) is 20.4 Å². The second-order valence-corrected chi connectivity index (χ2v) is 6.59. The van der Waals surface area contributed by atoms with Crippen molar-refractivity contribution in [1.29, 1.82) is 0 Å². The van der Waals surface area contributed by atoms with Crippen LogP contribution in [-0.2, 0) is 0 Å². The molecular formula is C14H30O4. The Morgan fingerprint density at radius 3 is 1.89 bits per heavy atom. The molecule has 0 saturated heterocycles. The lowest BCUT2D eigenvalue weighted by Crippen LogP contribution is -2.38. The zero-order chi connectivity index (χ0) is 14.6. The minimum absolute atomic E-state index is 0.0383. The van der Waals surface area contributed by atoms with Gasteiger partial charge in [0.15, 0.2) is 6.29 Å². The van der Waals surface area contributed by atoms with E-state index in [1.165, 1.54) is 0 Å². The van der Waals surface area contributed by atoms with Crippen molar-refractivity contribution >= 4 is 0 Å². The van der Waals surface area contributed by atoms with Crippen LogP contribution in [0.25, 0.3) is 0 Å². The van der Waals surface area contributed by atoms with E-state index in [4.69, 9.17) is 0 Å². The molecule has 0 aliphatic rings. The summed E-state index contributed by atoms with van der Waals surface area (Å²) < 4.78 is 0. The van der Waals surface area contributed by atoms with Crippen molar-refractivity contribution in [3.05, 3.63) is 0 Å². The molecule has 4 N–H and O–H groups in total. The molecule has 0 aliphatic heterocycles. The molecule has 0 aromatic rings. The molecule has 0 fully saturated rings. The highest BCUT2D eigenvalue weighted by molar-refractivity contribution is 4.83. The third-order valence-corrected chi connectivity index (χ3v) is 4.17. The zero-order valence-corrected chi connectivity index (χ0v) is 12.3. The lowest BCUT2D eigenvalue weighted by Gasteiger charge is -2.35. The van der Waals surface area contributed by atoms with E-state index in [1.54, 1.807) is 13.8 Å². The molecule has 110 valence electrons. The molecule has 18 heavy (non-hydrogen) atoms. The second-order valence-electron chi connectivity index (χ2n) is 6.59. The Labute approximate surface area is 111 Å². The molecule has 0 aliphatic carbocycles. The topological polar surface area (TPSA) is 80.9 Å². The van der Waals surface area contributed by atoms with Crippen LogP contribution in [0.2, 0.25) is 0 Å². The van der Waals surface area contributed by atoms with Gasteiger partial charge in [-0.2, -0.15) is 0 Å². The van der Waals surface area contributed by atoms with E-state index in [0.717, 1.165) is 0 Å². The van der Waals surface area contributed by atoms with E-state index in [2.05, 4.69) is 0 Å². The summed E-state index contributed by atoms with van der Waals surface area (Å²) in [6.07, 6.45) is -0.0427. The van der Waals surface area contributed by atoms with Crippen LogP contribution in [0.4, 0.5) is 0 Å². The van der Waals surface area contributed by atoms with Crippen molar-refractivity contribution in [2.45, 2.75) is 66.3 Å². The van der Waals surface area contributed by atoms with Crippen molar-refractivity contribution in [3.8, 4) is 0 Å². The first-order valence-corrected chi connectivity index (χ1v) is 6.74. The van der Waals surface area contributed by atoms with E-state index in [0.29, 0.717) is 19.3 Å². The van der Waals surface area contributed by atoms with Crippen molar-refractivity contribution < 1.29 is 20.4 Å². The summed E-state index contributed by atoms with van der Waals surface area (Å²) >= 11 is 0. The van der Waals surface area contributed by atoms with E-state index >= 15 is 0 Å². The van der Waals surface area contributed by atoms with Crippen molar-refractivity contribution in [2.75, 3.05) is 6.61 Å². The van der Waals surface area contributed by atoms with Crippen LogP contribution in [0.5, 0.6) is 0 Å². The summed E-state index contributed by atoms with van der Waals surface area (Å²) in [5.41, 5.74) is -1.06. The molecule has 0 aromatic heterocycles. The van der Waals surface area contributed by atoms with Gasteiger partial charge in [-0.1, -0.05) is 34.6 Å². The summed E-state index contributed by atoms with van der Waals surface area (Å²) in [7, 11) is 0. The SMILES string of the molecule is CCC(C)(CO)C(O)CC(C)CC(C)(C)C(O)O. The molecule has 0 aromatic carbocycles. The molecule has 3 atom stereocenters. The average Bonchev–Trinajstić information content (AvgIpc) is 2.26. The molecule has 0 spiro atoms. The van der Waals surface area contributed by atoms with Crippen molar-refractivity contribution in [2.24, 2.45) is 16.7 Å². The van der Waals surface area contributed by atoms with Gasteiger partial charge in [0, 0.05) is 10.8 Å². The molecule has 0 radical (unpaired) electrons. The lowest BCUT2D eigenvalue weighted by molar-refractivity contribution is -0.130. The summed E-state index contributed by atoms with van der Waals surface area (Å²) in [5.74, 6) is 0.161. The Bertz CT molecular complexity index is 234. The summed E-state index contributed by atoms with van der Waals surface area (Å²) in [6, 6.07) is 0. The van der Waals surface area contributed by atoms with Crippen LogP contribution in [0.3, 0.4) is 0 Å². The number of hydrogen-bond acceptors (Lipinski definition) is 4. The van der Waals surface area contributed by atoms with Crippen LogP contribution < -0.4 is 0 Å². The molecule has 0 saturated carbocycles. The summed E-state index contributed by atoms with van der Waals surface area (Å²) in [4.78, 5) is 0. The van der Waals surface area contributed by atoms with Crippen LogP contribution >= 0.6 is 0 Å². The van der Waals surface area contributed by atoms with Crippen LogP contribution in [0.1, 0.15) is 53.9 Å². The highest BCUT2D eigenvalue weighted by Gasteiger charge is 2.34. The summed E-state index contributed by atoms with van der Waals surface area (Å²) in [6.45, 7) is 9.36. The highest BCUT2D eigenvalue weighted by Crippen LogP contribution is 2.34. The number of aliphatic hydroxyl groups is 4. The quantitative estimate of drug-likeness (QED) is 0.500. The first-order chi connectivity index (χ1) is 8.09. The smallest absolute Gasteiger partial charge is 0.156 e. The Hall–Kier alpha value is -0.160. The van der Waals surface area contributed by atoms with Gasteiger partial charge in [0.2, 0.25) is 0 Å². The highest BCUT2D eigenvalue weighted by atomic mass is 16.5. The zero-order valence-electron chi connectivity index (χ0n) is 12.3. The molecule has 0 rings (SSSR count). The minimum atomic E-state index is -1.35. The van der Waals surface area contributed by atoms with Crippen LogP contribution in [-0.4, -0.2) is 39.4 Å². The van der Waals surface area contributed by atoms with Crippen LogP contribution in [0, 0.1) is 16.7 Å². The van der Waals surface area contributed by atoms with E-state index in [-0.39, 0.29) is 12.5 Å². The maximum atomic E-state index is 10.2. The minimum Gasteiger partial charge on any atom is -0.396 e. The monoisotopic (exact) mass is 262 g/mol. The van der Waals surface area contributed by atoms with E-state index < -0.39 is 23.2 Å². The third kappa shape index (κ3) is 4.84. The molecule has 4 heteroatoms. The van der Waals surface area contributed by atoms with Gasteiger partial charge in [0.25, 0.3) is 0 Å². The maximum absolute atomic E-state index is 10.2. The fourth-order valence-electron chi connectivity index (χ4n) is 2.21. The van der Waals surface area contributed by atoms with Crippen molar-refractivity contribution in [1.82, 2.24) is 0 Å². The van der Waals surface area contributed by atoms with Gasteiger partial charge in [-0.25, -0.2) is 0 Å². The van der Waals surface area contributed by atoms with Gasteiger partial charge >= 0.3 is 0 Å². The molecule has 0 bridgehead atoms. The first-order valence-electron chi connectivity index (χ1n) is 6.74. The normalized spacial score (nSPS) is 19.7. The Balaban J connectivity index is 4.45. The van der Waals surface area contributed by atoms with Crippen molar-refractivity contribution in [3.63, 3.8) is 0 Å². The molecule has 3 unspecified atom stereocenters. The van der Waals surface area contributed by atoms with Gasteiger partial charge in [-0.15, -0.1) is 0 Å². The third-order valence-electron chi connectivity index (χ3n) is 4.17. The van der Waals surface area contributed by atoms with Gasteiger partial charge in [0.1, 0.15) is 0 Å². The molecule has 0 amide bonds. The van der Waals surface area contributed by atoms with Gasteiger partial charge < -0.3 is 20.4 Å². The van der Waals surface area contributed by atoms with Gasteiger partial charge in [-0.05, 0) is 25.2 Å². The predicted octanol–water partition coefficient (Wildman–Crippen LogP) is 1.51. The number of hydrogen-bond donors (Lipinski definition) is 4. The second kappa shape index (κ2) is 6.85. The van der Waals surface area contributed by atoms with E-state index in [1.807, 2.05) is 20.8 Å². The fourth-order valence-corrected chi connectivity index (χ4v) is 2.21. The Kier molecular flexibility index (Phi) is 6.79. The lowest BCUT2D eigenvalue weighted by atomic mass is 9.75. The summed E-state index contributed by atoms with van der Waals surface area (Å²) in [5, 5.41) is 38.1. The fraction of sp³-hybridized carbons (Fsp3) is 1.00. The Morgan fingerprint density at radius 1 is 1.06 bits per heavy atom. The van der Waals surface area contributed by atoms with Gasteiger partial charge in [-0.3, -0.25) is 0 Å². The predicted molar refractivity (Wildman–Crippen MR) is 71.9 cm³/mol.